The molecule has 2 saturated heterocycles. The molecule has 0 unspecified atom stereocenters. The highest BCUT2D eigenvalue weighted by atomic mass is 32.2. The molecule has 0 N–H and O–H groups in total. The fourth-order valence-corrected chi connectivity index (χ4v) is 8.29. The van der Waals surface area contributed by atoms with Gasteiger partial charge in [0.25, 0.3) is 0 Å². The number of hydrogen-bond donors (Lipinski definition) is 0. The van der Waals surface area contributed by atoms with E-state index >= 15 is 0 Å². The van der Waals surface area contributed by atoms with Gasteiger partial charge in [-0.15, -0.1) is 0 Å². The molecule has 1 aromatic carbocycles. The number of amides is 1. The third kappa shape index (κ3) is 5.85. The van der Waals surface area contributed by atoms with E-state index in [-0.39, 0.29) is 11.8 Å². The van der Waals surface area contributed by atoms with Gasteiger partial charge in [-0.05, 0) is 76.5 Å². The summed E-state index contributed by atoms with van der Waals surface area (Å²) in [4.78, 5) is 18.4. The van der Waals surface area contributed by atoms with Crippen molar-refractivity contribution in [2.45, 2.75) is 77.0 Å². The monoisotopic (exact) mass is 489 g/mol. The topological polar surface area (TPSA) is 60.9 Å². The van der Waals surface area contributed by atoms with Crippen molar-refractivity contribution in [2.75, 3.05) is 45.8 Å². The number of piperidine rings is 1. The Morgan fingerprint density at radius 3 is 2.12 bits per heavy atom. The Hall–Kier alpha value is -1.44. The zero-order valence-electron chi connectivity index (χ0n) is 21.4. The summed E-state index contributed by atoms with van der Waals surface area (Å²) in [5, 5.41) is 0. The minimum atomic E-state index is -3.54. The molecule has 1 amide bonds. The van der Waals surface area contributed by atoms with E-state index in [1.54, 1.807) is 4.31 Å². The normalized spacial score (nSPS) is 22.6. The molecule has 7 heteroatoms. The Morgan fingerprint density at radius 1 is 0.824 bits per heavy atom. The molecule has 34 heavy (non-hydrogen) atoms. The maximum atomic E-state index is 13.4. The SMILES string of the molecule is Cc1cc(C)c(S(=O)(=O)N2CCC(C(=O)N3CCCN(CC4CCCCC4)CC3)CC2)c(C)c1. The van der Waals surface area contributed by atoms with Crippen molar-refractivity contribution in [3.63, 3.8) is 0 Å². The molecular weight excluding hydrogens is 446 g/mol. The van der Waals surface area contributed by atoms with Gasteiger partial charge < -0.3 is 9.80 Å². The first-order valence-electron chi connectivity index (χ1n) is 13.3. The van der Waals surface area contributed by atoms with Crippen LogP contribution in [0, 0.1) is 32.6 Å². The third-order valence-corrected chi connectivity index (χ3v) is 10.4. The Morgan fingerprint density at radius 2 is 1.47 bits per heavy atom. The zero-order valence-corrected chi connectivity index (χ0v) is 22.2. The number of carbonyl (C=O) groups is 1. The average molecular weight is 490 g/mol. The van der Waals surface area contributed by atoms with E-state index in [0.29, 0.717) is 30.8 Å². The van der Waals surface area contributed by atoms with Gasteiger partial charge in [-0.1, -0.05) is 37.0 Å². The summed E-state index contributed by atoms with van der Waals surface area (Å²) < 4.78 is 28.4. The van der Waals surface area contributed by atoms with E-state index in [0.717, 1.165) is 55.2 Å². The standard InChI is InChI=1S/C27H43N3O3S/c1-21-18-22(2)26(23(3)19-21)34(32,33)30-14-10-25(11-15-30)27(31)29-13-7-12-28(16-17-29)20-24-8-5-4-6-9-24/h18-19,24-25H,4-17,20H2,1-3H3. The van der Waals surface area contributed by atoms with Gasteiger partial charge in [0.2, 0.25) is 15.9 Å². The van der Waals surface area contributed by atoms with Crippen molar-refractivity contribution in [3.05, 3.63) is 28.8 Å². The predicted molar refractivity (Wildman–Crippen MR) is 136 cm³/mol. The summed E-state index contributed by atoms with van der Waals surface area (Å²) in [7, 11) is -3.54. The summed E-state index contributed by atoms with van der Waals surface area (Å²) in [5.74, 6) is 1.01. The minimum absolute atomic E-state index is 0.0587. The van der Waals surface area contributed by atoms with E-state index < -0.39 is 10.0 Å². The van der Waals surface area contributed by atoms with Crippen LogP contribution in [-0.4, -0.2) is 74.2 Å². The van der Waals surface area contributed by atoms with E-state index in [1.807, 2.05) is 32.9 Å². The average Bonchev–Trinajstić information content (AvgIpc) is 3.04. The molecule has 2 heterocycles. The van der Waals surface area contributed by atoms with Crippen LogP contribution in [0.15, 0.2) is 17.0 Å². The highest BCUT2D eigenvalue weighted by Crippen LogP contribution is 2.30. The lowest BCUT2D eigenvalue weighted by Crippen LogP contribution is -2.45. The molecular formula is C27H43N3O3S. The molecule has 1 saturated carbocycles. The lowest BCUT2D eigenvalue weighted by molar-refractivity contribution is -0.136. The number of sulfonamides is 1. The van der Waals surface area contributed by atoms with Crippen LogP contribution in [-0.2, 0) is 14.8 Å². The quantitative estimate of drug-likeness (QED) is 0.624. The van der Waals surface area contributed by atoms with Gasteiger partial charge in [0, 0.05) is 45.2 Å². The molecule has 1 aliphatic carbocycles. The van der Waals surface area contributed by atoms with Crippen LogP contribution in [0.2, 0.25) is 0 Å². The van der Waals surface area contributed by atoms with Crippen molar-refractivity contribution in [2.24, 2.45) is 11.8 Å². The van der Waals surface area contributed by atoms with Crippen LogP contribution in [0.25, 0.3) is 0 Å². The first-order valence-corrected chi connectivity index (χ1v) is 14.8. The van der Waals surface area contributed by atoms with Crippen molar-refractivity contribution in [3.8, 4) is 0 Å². The second-order valence-electron chi connectivity index (χ2n) is 10.9. The molecule has 0 atom stereocenters. The number of aryl methyl sites for hydroxylation is 3. The van der Waals surface area contributed by atoms with Crippen molar-refractivity contribution in [1.29, 1.82) is 0 Å². The lowest BCUT2D eigenvalue weighted by atomic mass is 9.89. The molecule has 0 bridgehead atoms. The maximum absolute atomic E-state index is 13.4. The highest BCUT2D eigenvalue weighted by molar-refractivity contribution is 7.89. The smallest absolute Gasteiger partial charge is 0.243 e. The number of carbonyl (C=O) groups excluding carboxylic acids is 1. The van der Waals surface area contributed by atoms with E-state index in [4.69, 9.17) is 0 Å². The Kier molecular flexibility index (Phi) is 8.36. The molecule has 0 aromatic heterocycles. The van der Waals surface area contributed by atoms with Crippen molar-refractivity contribution >= 4 is 15.9 Å². The molecule has 3 aliphatic rings. The third-order valence-electron chi connectivity index (χ3n) is 8.15. The first kappa shape index (κ1) is 25.6. The zero-order chi connectivity index (χ0) is 24.3. The summed E-state index contributed by atoms with van der Waals surface area (Å²) in [6, 6.07) is 3.88. The van der Waals surface area contributed by atoms with Gasteiger partial charge in [0.05, 0.1) is 4.90 Å². The predicted octanol–water partition coefficient (Wildman–Crippen LogP) is 4.13. The second kappa shape index (κ2) is 11.1. The van der Waals surface area contributed by atoms with Gasteiger partial charge in [0.1, 0.15) is 0 Å². The maximum Gasteiger partial charge on any atom is 0.243 e. The van der Waals surface area contributed by atoms with Gasteiger partial charge in [-0.25, -0.2) is 8.42 Å². The van der Waals surface area contributed by atoms with Crippen molar-refractivity contribution < 1.29 is 13.2 Å². The number of hydrogen-bond acceptors (Lipinski definition) is 4. The van der Waals surface area contributed by atoms with Crippen LogP contribution in [0.3, 0.4) is 0 Å². The number of benzene rings is 1. The molecule has 190 valence electrons. The molecule has 4 rings (SSSR count). The number of nitrogens with zero attached hydrogens (tertiary/aromatic N) is 3. The lowest BCUT2D eigenvalue weighted by Gasteiger charge is -2.34. The molecule has 0 radical (unpaired) electrons. The Bertz CT molecular complexity index is 940. The minimum Gasteiger partial charge on any atom is -0.341 e. The summed E-state index contributed by atoms with van der Waals surface area (Å²) in [5.41, 5.74) is 2.68. The van der Waals surface area contributed by atoms with E-state index in [1.165, 1.54) is 38.6 Å². The van der Waals surface area contributed by atoms with E-state index in [9.17, 15) is 13.2 Å². The van der Waals surface area contributed by atoms with Crippen LogP contribution >= 0.6 is 0 Å². The summed E-state index contributed by atoms with van der Waals surface area (Å²) >= 11 is 0. The van der Waals surface area contributed by atoms with Crippen LogP contribution in [0.1, 0.15) is 68.1 Å². The molecule has 3 fully saturated rings. The Labute approximate surface area is 206 Å². The van der Waals surface area contributed by atoms with Crippen molar-refractivity contribution in [1.82, 2.24) is 14.1 Å². The van der Waals surface area contributed by atoms with Gasteiger partial charge in [-0.2, -0.15) is 4.31 Å². The largest absolute Gasteiger partial charge is 0.341 e. The summed E-state index contributed by atoms with van der Waals surface area (Å²) in [6.07, 6.45) is 9.14. The van der Waals surface area contributed by atoms with Gasteiger partial charge in [-0.3, -0.25) is 4.79 Å². The van der Waals surface area contributed by atoms with Gasteiger partial charge >= 0.3 is 0 Å². The fraction of sp³-hybridized carbons (Fsp3) is 0.741. The first-order chi connectivity index (χ1) is 16.3. The fourth-order valence-electron chi connectivity index (χ4n) is 6.41. The number of rotatable bonds is 5. The molecule has 6 nitrogen and oxygen atoms in total. The van der Waals surface area contributed by atoms with Crippen LogP contribution in [0.5, 0.6) is 0 Å². The molecule has 1 aromatic rings. The Balaban J connectivity index is 1.31. The molecule has 0 spiro atoms. The second-order valence-corrected chi connectivity index (χ2v) is 12.8. The van der Waals surface area contributed by atoms with Crippen LogP contribution < -0.4 is 0 Å². The highest BCUT2D eigenvalue weighted by Gasteiger charge is 2.35. The van der Waals surface area contributed by atoms with Crippen LogP contribution in [0.4, 0.5) is 0 Å². The summed E-state index contributed by atoms with van der Waals surface area (Å²) in [6.45, 7) is 11.5. The van der Waals surface area contributed by atoms with Gasteiger partial charge in [0.15, 0.2) is 0 Å². The van der Waals surface area contributed by atoms with E-state index in [2.05, 4.69) is 9.80 Å². The molecule has 2 aliphatic heterocycles.